The molecule has 124 valence electrons. The van der Waals surface area contributed by atoms with Crippen LogP contribution in [0, 0.1) is 0 Å². The van der Waals surface area contributed by atoms with Gasteiger partial charge < -0.3 is 14.4 Å². The van der Waals surface area contributed by atoms with E-state index in [1.54, 1.807) is 4.90 Å². The Bertz CT molecular complexity index is 589. The van der Waals surface area contributed by atoms with Gasteiger partial charge in [0.2, 0.25) is 0 Å². The van der Waals surface area contributed by atoms with Crippen molar-refractivity contribution in [1.29, 1.82) is 0 Å². The van der Waals surface area contributed by atoms with Crippen LogP contribution < -0.4 is 4.74 Å². The smallest absolute Gasteiger partial charge is 0.410 e. The summed E-state index contributed by atoms with van der Waals surface area (Å²) in [7, 11) is 0. The number of isothiocyanates is 1. The van der Waals surface area contributed by atoms with E-state index >= 15 is 0 Å². The highest BCUT2D eigenvalue weighted by atomic mass is 32.1. The molecule has 5 nitrogen and oxygen atoms in total. The van der Waals surface area contributed by atoms with Crippen molar-refractivity contribution in [2.45, 2.75) is 45.3 Å². The molecule has 0 spiro atoms. The topological polar surface area (TPSA) is 51.1 Å². The third kappa shape index (κ3) is 5.34. The maximum Gasteiger partial charge on any atom is 0.410 e. The molecule has 1 aromatic rings. The molecule has 6 heteroatoms. The second-order valence-electron chi connectivity index (χ2n) is 6.48. The Hall–Kier alpha value is -1.91. The predicted molar refractivity (Wildman–Crippen MR) is 92.6 cm³/mol. The zero-order valence-electron chi connectivity index (χ0n) is 13.7. The van der Waals surface area contributed by atoms with Crippen molar-refractivity contribution in [2.75, 3.05) is 13.2 Å². The molecule has 0 aliphatic carbocycles. The average Bonchev–Trinajstić information content (AvgIpc) is 2.94. The van der Waals surface area contributed by atoms with E-state index in [9.17, 15) is 4.79 Å². The van der Waals surface area contributed by atoms with E-state index in [4.69, 9.17) is 9.47 Å². The molecule has 0 N–H and O–H groups in total. The minimum absolute atomic E-state index is 0.0449. The first-order valence-corrected chi connectivity index (χ1v) is 8.10. The van der Waals surface area contributed by atoms with Crippen LogP contribution in [-0.2, 0) is 4.74 Å². The average molecular weight is 334 g/mol. The predicted octanol–water partition coefficient (Wildman–Crippen LogP) is 4.20. The van der Waals surface area contributed by atoms with E-state index in [-0.39, 0.29) is 12.1 Å². The summed E-state index contributed by atoms with van der Waals surface area (Å²) in [5.41, 5.74) is 0.256. The fourth-order valence-electron chi connectivity index (χ4n) is 2.43. The van der Waals surface area contributed by atoms with Crippen LogP contribution in [0.5, 0.6) is 5.75 Å². The van der Waals surface area contributed by atoms with E-state index in [1.165, 1.54) is 0 Å². The summed E-state index contributed by atoms with van der Waals surface area (Å²) < 4.78 is 11.2. The van der Waals surface area contributed by atoms with Crippen molar-refractivity contribution in [3.05, 3.63) is 24.3 Å². The van der Waals surface area contributed by atoms with Gasteiger partial charge in [0.05, 0.1) is 16.9 Å². The number of hydrogen-bond acceptors (Lipinski definition) is 5. The SMILES string of the molecule is CC(C)(C)OC(=O)N1CCC[C@H]1COc1ccc(N=C=S)cc1. The van der Waals surface area contributed by atoms with Crippen LogP contribution >= 0.6 is 12.2 Å². The Morgan fingerprint density at radius 3 is 2.70 bits per heavy atom. The molecule has 1 heterocycles. The summed E-state index contributed by atoms with van der Waals surface area (Å²) >= 11 is 4.57. The molecule has 0 aromatic heterocycles. The Morgan fingerprint density at radius 1 is 1.39 bits per heavy atom. The molecule has 1 fully saturated rings. The number of aliphatic imine (C=N–C) groups is 1. The van der Waals surface area contributed by atoms with Crippen LogP contribution in [0.1, 0.15) is 33.6 Å². The number of hydrogen-bond donors (Lipinski definition) is 0. The van der Waals surface area contributed by atoms with Gasteiger partial charge in [0.15, 0.2) is 0 Å². The Morgan fingerprint density at radius 2 is 2.09 bits per heavy atom. The van der Waals surface area contributed by atoms with Crippen LogP contribution in [0.25, 0.3) is 0 Å². The second-order valence-corrected chi connectivity index (χ2v) is 6.66. The van der Waals surface area contributed by atoms with Gasteiger partial charge in [-0.15, -0.1) is 0 Å². The van der Waals surface area contributed by atoms with E-state index < -0.39 is 5.60 Å². The van der Waals surface area contributed by atoms with Gasteiger partial charge in [0.25, 0.3) is 0 Å². The highest BCUT2D eigenvalue weighted by molar-refractivity contribution is 7.78. The van der Waals surface area contributed by atoms with Crippen LogP contribution in [0.15, 0.2) is 29.3 Å². The summed E-state index contributed by atoms with van der Waals surface area (Å²) in [5, 5.41) is 2.33. The number of thiocarbonyl (C=S) groups is 1. The molecule has 0 saturated carbocycles. The third-order valence-electron chi connectivity index (χ3n) is 3.46. The third-order valence-corrected chi connectivity index (χ3v) is 3.55. The number of rotatable bonds is 4. The number of carbonyl (C=O) groups excluding carboxylic acids is 1. The number of ether oxygens (including phenoxy) is 2. The van der Waals surface area contributed by atoms with Gasteiger partial charge in [-0.1, -0.05) is 0 Å². The van der Waals surface area contributed by atoms with Gasteiger partial charge in [-0.2, -0.15) is 4.99 Å². The molecule has 0 bridgehead atoms. The first-order chi connectivity index (χ1) is 10.9. The normalized spacial score (nSPS) is 17.5. The number of benzene rings is 1. The molecule has 0 unspecified atom stereocenters. The summed E-state index contributed by atoms with van der Waals surface area (Å²) in [6.45, 7) is 6.78. The van der Waals surface area contributed by atoms with Crippen LogP contribution in [0.2, 0.25) is 0 Å². The molecular formula is C17H22N2O3S. The lowest BCUT2D eigenvalue weighted by Gasteiger charge is -2.28. The lowest BCUT2D eigenvalue weighted by molar-refractivity contribution is 0.0187. The van der Waals surface area contributed by atoms with Crippen molar-refractivity contribution in [1.82, 2.24) is 4.90 Å². The molecule has 1 aliphatic rings. The number of carbonyl (C=O) groups is 1. The van der Waals surface area contributed by atoms with Gasteiger partial charge >= 0.3 is 6.09 Å². The Kier molecular flexibility index (Phi) is 5.74. The first-order valence-electron chi connectivity index (χ1n) is 7.69. The maximum atomic E-state index is 12.2. The van der Waals surface area contributed by atoms with Gasteiger partial charge in [-0.05, 0) is 70.1 Å². The van der Waals surface area contributed by atoms with Gasteiger partial charge in [0.1, 0.15) is 18.0 Å². The molecular weight excluding hydrogens is 312 g/mol. The zero-order valence-corrected chi connectivity index (χ0v) is 14.6. The van der Waals surface area contributed by atoms with E-state index in [0.717, 1.165) is 24.3 Å². The summed E-state index contributed by atoms with van der Waals surface area (Å²) in [4.78, 5) is 17.9. The molecule has 1 amide bonds. The van der Waals surface area contributed by atoms with Crippen LogP contribution in [0.3, 0.4) is 0 Å². The van der Waals surface area contributed by atoms with Crippen LogP contribution in [-0.4, -0.2) is 40.9 Å². The monoisotopic (exact) mass is 334 g/mol. The van der Waals surface area contributed by atoms with E-state index in [2.05, 4.69) is 22.4 Å². The van der Waals surface area contributed by atoms with Gasteiger partial charge in [0, 0.05) is 6.54 Å². The van der Waals surface area contributed by atoms with E-state index in [1.807, 2.05) is 45.0 Å². The summed E-state index contributed by atoms with van der Waals surface area (Å²) in [5.74, 6) is 0.740. The minimum Gasteiger partial charge on any atom is -0.491 e. The molecule has 1 aromatic carbocycles. The minimum atomic E-state index is -0.483. The van der Waals surface area contributed by atoms with Crippen LogP contribution in [0.4, 0.5) is 10.5 Å². The van der Waals surface area contributed by atoms with Crippen molar-refractivity contribution in [3.63, 3.8) is 0 Å². The molecule has 1 saturated heterocycles. The molecule has 0 radical (unpaired) electrons. The summed E-state index contributed by atoms with van der Waals surface area (Å²) in [6.07, 6.45) is 1.62. The Balaban J connectivity index is 1.91. The highest BCUT2D eigenvalue weighted by Crippen LogP contribution is 2.23. The lowest BCUT2D eigenvalue weighted by atomic mass is 10.2. The van der Waals surface area contributed by atoms with Crippen molar-refractivity contribution < 1.29 is 14.3 Å². The lowest BCUT2D eigenvalue weighted by Crippen LogP contribution is -2.42. The fourth-order valence-corrected chi connectivity index (χ4v) is 2.54. The van der Waals surface area contributed by atoms with Crippen molar-refractivity contribution >= 4 is 29.2 Å². The number of nitrogens with zero attached hydrogens (tertiary/aromatic N) is 2. The van der Waals surface area contributed by atoms with Crippen molar-refractivity contribution in [3.8, 4) is 5.75 Å². The molecule has 1 atom stereocenters. The molecule has 1 aliphatic heterocycles. The van der Waals surface area contributed by atoms with Gasteiger partial charge in [-0.25, -0.2) is 4.79 Å². The number of likely N-dealkylation sites (tertiary alicyclic amines) is 1. The number of amides is 1. The largest absolute Gasteiger partial charge is 0.491 e. The summed E-state index contributed by atoms with van der Waals surface area (Å²) in [6, 6.07) is 7.34. The maximum absolute atomic E-state index is 12.2. The highest BCUT2D eigenvalue weighted by Gasteiger charge is 2.32. The molecule has 23 heavy (non-hydrogen) atoms. The first kappa shape index (κ1) is 17.4. The van der Waals surface area contributed by atoms with E-state index in [0.29, 0.717) is 13.2 Å². The van der Waals surface area contributed by atoms with Gasteiger partial charge in [-0.3, -0.25) is 0 Å². The van der Waals surface area contributed by atoms with Crippen molar-refractivity contribution in [2.24, 2.45) is 4.99 Å². The quantitative estimate of drug-likeness (QED) is 0.612. The zero-order chi connectivity index (χ0) is 16.9. The second kappa shape index (κ2) is 7.57. The standard InChI is InChI=1S/C17H22N2O3S/c1-17(2,3)22-16(20)19-10-4-5-14(19)11-21-15-8-6-13(7-9-15)18-12-23/h6-9,14H,4-5,10-11H2,1-3H3/t14-/m0/s1. The Labute approximate surface area is 142 Å². The fraction of sp³-hybridized carbons (Fsp3) is 0.529. The molecule has 2 rings (SSSR count).